The summed E-state index contributed by atoms with van der Waals surface area (Å²) in [5.41, 5.74) is 4.93. The largest absolute Gasteiger partial charge is 0.0616 e. The van der Waals surface area contributed by atoms with Crippen LogP contribution >= 0.6 is 15.9 Å². The van der Waals surface area contributed by atoms with Gasteiger partial charge < -0.3 is 0 Å². The molecule has 0 aromatic heterocycles. The van der Waals surface area contributed by atoms with E-state index in [2.05, 4.69) is 66.2 Å². The molecule has 1 aromatic rings. The first kappa shape index (κ1) is 12.2. The normalized spacial score (nSPS) is 25.4. The second-order valence-corrected chi connectivity index (χ2v) is 7.00. The van der Waals surface area contributed by atoms with E-state index in [-0.39, 0.29) is 0 Å². The first-order chi connectivity index (χ1) is 8.58. The highest BCUT2D eigenvalue weighted by molar-refractivity contribution is 9.10. The van der Waals surface area contributed by atoms with Crippen LogP contribution in [0.2, 0.25) is 0 Å². The molecule has 0 radical (unpaired) electrons. The van der Waals surface area contributed by atoms with Gasteiger partial charge >= 0.3 is 0 Å². The topological polar surface area (TPSA) is 0 Å². The summed E-state index contributed by atoms with van der Waals surface area (Å²) in [6.45, 7) is 4.78. The van der Waals surface area contributed by atoms with Crippen molar-refractivity contribution in [2.24, 2.45) is 11.3 Å². The molecule has 0 N–H and O–H groups in total. The third-order valence-corrected chi connectivity index (χ3v) is 4.98. The van der Waals surface area contributed by atoms with Gasteiger partial charge in [-0.2, -0.15) is 0 Å². The Labute approximate surface area is 118 Å². The summed E-state index contributed by atoms with van der Waals surface area (Å²) >= 11 is 3.51. The molecule has 0 unspecified atom stereocenters. The molecular formula is C17H19Br. The van der Waals surface area contributed by atoms with Gasteiger partial charge in [-0.15, -0.1) is 0 Å². The summed E-state index contributed by atoms with van der Waals surface area (Å²) in [5, 5.41) is 0. The zero-order chi connectivity index (χ0) is 12.8. The summed E-state index contributed by atoms with van der Waals surface area (Å²) < 4.78 is 1.15. The van der Waals surface area contributed by atoms with E-state index in [4.69, 9.17) is 0 Å². The van der Waals surface area contributed by atoms with Crippen LogP contribution in [0.3, 0.4) is 0 Å². The predicted molar refractivity (Wildman–Crippen MR) is 81.3 cm³/mol. The summed E-state index contributed by atoms with van der Waals surface area (Å²) in [5.74, 6) is 0.662. The molecule has 18 heavy (non-hydrogen) atoms. The Kier molecular flexibility index (Phi) is 2.97. The van der Waals surface area contributed by atoms with Gasteiger partial charge in [-0.25, -0.2) is 0 Å². The molecule has 1 saturated carbocycles. The number of hydrogen-bond acceptors (Lipinski definition) is 0. The molecule has 1 heteroatoms. The molecule has 3 rings (SSSR count). The second kappa shape index (κ2) is 4.38. The van der Waals surface area contributed by atoms with Gasteiger partial charge in [-0.05, 0) is 41.5 Å². The monoisotopic (exact) mass is 302 g/mol. The van der Waals surface area contributed by atoms with Crippen molar-refractivity contribution in [1.29, 1.82) is 0 Å². The molecule has 0 bridgehead atoms. The maximum Gasteiger partial charge on any atom is 0.0175 e. The Hall–Kier alpha value is -0.820. The number of fused-ring (bicyclic) bond motifs is 1. The molecule has 0 spiro atoms. The molecule has 0 heterocycles. The minimum absolute atomic E-state index is 0.385. The average Bonchev–Trinajstić information content (AvgIpc) is 2.75. The first-order valence-corrected chi connectivity index (χ1v) is 7.55. The fourth-order valence-corrected chi connectivity index (χ4v) is 3.68. The van der Waals surface area contributed by atoms with E-state index in [1.807, 2.05) is 0 Å². The quantitative estimate of drug-likeness (QED) is 0.633. The van der Waals surface area contributed by atoms with Crippen LogP contribution in [0.4, 0.5) is 0 Å². The summed E-state index contributed by atoms with van der Waals surface area (Å²) in [6.07, 6.45) is 8.72. The highest BCUT2D eigenvalue weighted by Gasteiger charge is 2.37. The van der Waals surface area contributed by atoms with Gasteiger partial charge in [0.05, 0.1) is 0 Å². The van der Waals surface area contributed by atoms with Gasteiger partial charge in [0.2, 0.25) is 0 Å². The van der Waals surface area contributed by atoms with E-state index in [9.17, 15) is 0 Å². The van der Waals surface area contributed by atoms with Crippen LogP contribution in [0.25, 0.3) is 5.57 Å². The number of allylic oxidation sites excluding steroid dienone is 4. The molecule has 2 aliphatic rings. The third kappa shape index (κ3) is 1.99. The van der Waals surface area contributed by atoms with Crippen molar-refractivity contribution in [2.45, 2.75) is 33.1 Å². The van der Waals surface area contributed by atoms with Crippen molar-refractivity contribution in [1.82, 2.24) is 0 Å². The molecule has 0 amide bonds. The number of benzene rings is 1. The lowest BCUT2D eigenvalue weighted by Gasteiger charge is -2.37. The lowest BCUT2D eigenvalue weighted by molar-refractivity contribution is 0.311. The van der Waals surface area contributed by atoms with Crippen LogP contribution in [0.5, 0.6) is 0 Å². The van der Waals surface area contributed by atoms with E-state index in [0.29, 0.717) is 11.3 Å². The maximum absolute atomic E-state index is 3.51. The fourth-order valence-electron chi connectivity index (χ4n) is 3.42. The Morgan fingerprint density at radius 3 is 2.56 bits per heavy atom. The fraction of sp³-hybridized carbons (Fsp3) is 0.412. The van der Waals surface area contributed by atoms with E-state index < -0.39 is 0 Å². The second-order valence-electron chi connectivity index (χ2n) is 6.08. The zero-order valence-corrected chi connectivity index (χ0v) is 12.6. The zero-order valence-electron chi connectivity index (χ0n) is 11.0. The number of hydrogen-bond donors (Lipinski definition) is 0. The van der Waals surface area contributed by atoms with Gasteiger partial charge in [0.25, 0.3) is 0 Å². The van der Waals surface area contributed by atoms with Crippen molar-refractivity contribution in [3.63, 3.8) is 0 Å². The highest BCUT2D eigenvalue weighted by Crippen LogP contribution is 2.51. The number of halogens is 1. The molecule has 2 aliphatic carbocycles. The molecule has 0 nitrogen and oxygen atoms in total. The van der Waals surface area contributed by atoms with Crippen LogP contribution in [0, 0.1) is 11.3 Å². The van der Waals surface area contributed by atoms with E-state index in [0.717, 1.165) is 4.47 Å². The molecule has 0 aliphatic heterocycles. The Morgan fingerprint density at radius 2 is 1.83 bits per heavy atom. The predicted octanol–water partition coefficient (Wildman–Crippen LogP) is 5.60. The average molecular weight is 303 g/mol. The van der Waals surface area contributed by atoms with Gasteiger partial charge in [-0.3, -0.25) is 0 Å². The minimum Gasteiger partial charge on any atom is -0.0616 e. The highest BCUT2D eigenvalue weighted by atomic mass is 79.9. The van der Waals surface area contributed by atoms with E-state index in [1.165, 1.54) is 30.4 Å². The van der Waals surface area contributed by atoms with Crippen molar-refractivity contribution < 1.29 is 0 Å². The van der Waals surface area contributed by atoms with E-state index in [1.54, 1.807) is 5.57 Å². The molecule has 0 saturated heterocycles. The van der Waals surface area contributed by atoms with Gasteiger partial charge in [0.1, 0.15) is 0 Å². The SMILES string of the molecule is CC1(C)CCC[C@@H]2C(c3ccc(Br)cc3)=CC=C21. The Bertz CT molecular complexity index is 517. The summed E-state index contributed by atoms with van der Waals surface area (Å²) in [6, 6.07) is 8.74. The third-order valence-electron chi connectivity index (χ3n) is 4.45. The van der Waals surface area contributed by atoms with Gasteiger partial charge in [-0.1, -0.05) is 66.1 Å². The molecule has 1 atom stereocenters. The molecule has 1 fully saturated rings. The van der Waals surface area contributed by atoms with Crippen molar-refractivity contribution in [3.05, 3.63) is 52.0 Å². The van der Waals surface area contributed by atoms with Crippen LogP contribution in [0.15, 0.2) is 46.5 Å². The smallest absolute Gasteiger partial charge is 0.0175 e. The standard InChI is InChI=1S/C17H19Br/c1-17(2)11-3-4-15-14(9-10-16(15)17)12-5-7-13(18)8-6-12/h5-10,15H,3-4,11H2,1-2H3/t15-/m1/s1. The molecule has 1 aromatic carbocycles. The van der Waals surface area contributed by atoms with Crippen molar-refractivity contribution in [3.8, 4) is 0 Å². The van der Waals surface area contributed by atoms with Crippen LogP contribution in [-0.4, -0.2) is 0 Å². The Balaban J connectivity index is 1.92. The number of rotatable bonds is 1. The van der Waals surface area contributed by atoms with E-state index >= 15 is 0 Å². The van der Waals surface area contributed by atoms with Crippen LogP contribution in [-0.2, 0) is 0 Å². The van der Waals surface area contributed by atoms with Gasteiger partial charge in [0, 0.05) is 10.4 Å². The first-order valence-electron chi connectivity index (χ1n) is 6.76. The molecule has 94 valence electrons. The summed E-state index contributed by atoms with van der Waals surface area (Å²) in [7, 11) is 0. The van der Waals surface area contributed by atoms with Crippen molar-refractivity contribution >= 4 is 21.5 Å². The van der Waals surface area contributed by atoms with Crippen LogP contribution in [0.1, 0.15) is 38.7 Å². The maximum atomic E-state index is 3.51. The van der Waals surface area contributed by atoms with Crippen LogP contribution < -0.4 is 0 Å². The lowest BCUT2D eigenvalue weighted by atomic mass is 9.67. The Morgan fingerprint density at radius 1 is 1.11 bits per heavy atom. The summed E-state index contributed by atoms with van der Waals surface area (Å²) in [4.78, 5) is 0. The minimum atomic E-state index is 0.385. The van der Waals surface area contributed by atoms with Crippen molar-refractivity contribution in [2.75, 3.05) is 0 Å². The molecular weight excluding hydrogens is 284 g/mol. The lowest BCUT2D eigenvalue weighted by Crippen LogP contribution is -2.25. The van der Waals surface area contributed by atoms with Gasteiger partial charge in [0.15, 0.2) is 0 Å².